The molecule has 0 radical (unpaired) electrons. The summed E-state index contributed by atoms with van der Waals surface area (Å²) < 4.78 is 28.7. The number of carbonyl (C=O) groups is 1. The third kappa shape index (κ3) is 5.46. The molecule has 34 heavy (non-hydrogen) atoms. The van der Waals surface area contributed by atoms with Crippen molar-refractivity contribution in [3.63, 3.8) is 0 Å². The molecular weight excluding hydrogens is 448 g/mol. The molecule has 1 aliphatic rings. The standard InChI is InChI=1S/C26H30N4O3S/c1-20-25(21(2)30(28-20)24-11-7-4-8-12-24)19-27-26(31)23-13-16-29(17-14-23)34(32,33)18-15-22-9-5-3-6-10-22/h3-12,15,18,23H,13-14,16-17,19H2,1-2H3,(H,27,31). The second-order valence-electron chi connectivity index (χ2n) is 8.55. The minimum Gasteiger partial charge on any atom is -0.352 e. The van der Waals surface area contributed by atoms with Crippen LogP contribution in [0.5, 0.6) is 0 Å². The Morgan fingerprint density at radius 3 is 2.29 bits per heavy atom. The van der Waals surface area contributed by atoms with Crippen LogP contribution in [0.15, 0.2) is 66.1 Å². The lowest BCUT2D eigenvalue weighted by Gasteiger charge is -2.29. The van der Waals surface area contributed by atoms with Crippen molar-refractivity contribution in [3.05, 3.63) is 88.6 Å². The van der Waals surface area contributed by atoms with Crippen molar-refractivity contribution < 1.29 is 13.2 Å². The van der Waals surface area contributed by atoms with E-state index < -0.39 is 10.0 Å². The number of nitrogens with zero attached hydrogens (tertiary/aromatic N) is 3. The lowest BCUT2D eigenvalue weighted by Crippen LogP contribution is -2.42. The number of rotatable bonds is 7. The summed E-state index contributed by atoms with van der Waals surface area (Å²) in [6.07, 6.45) is 2.62. The van der Waals surface area contributed by atoms with Gasteiger partial charge >= 0.3 is 0 Å². The molecule has 178 valence electrons. The van der Waals surface area contributed by atoms with Crippen molar-refractivity contribution in [1.29, 1.82) is 0 Å². The van der Waals surface area contributed by atoms with Gasteiger partial charge in [0, 0.05) is 42.2 Å². The Balaban J connectivity index is 1.32. The number of benzene rings is 2. The molecule has 1 amide bonds. The second-order valence-corrected chi connectivity index (χ2v) is 10.4. The zero-order chi connectivity index (χ0) is 24.1. The van der Waals surface area contributed by atoms with E-state index in [1.807, 2.05) is 79.2 Å². The van der Waals surface area contributed by atoms with Crippen LogP contribution in [0.25, 0.3) is 11.8 Å². The van der Waals surface area contributed by atoms with Gasteiger partial charge < -0.3 is 5.32 Å². The number of piperidine rings is 1. The van der Waals surface area contributed by atoms with Crippen LogP contribution in [0.3, 0.4) is 0 Å². The number of para-hydroxylation sites is 1. The fourth-order valence-corrected chi connectivity index (χ4v) is 5.48. The van der Waals surface area contributed by atoms with Crippen molar-refractivity contribution in [2.24, 2.45) is 5.92 Å². The van der Waals surface area contributed by atoms with Crippen LogP contribution in [0.1, 0.15) is 35.4 Å². The molecule has 7 nitrogen and oxygen atoms in total. The number of sulfonamides is 1. The Labute approximate surface area is 201 Å². The third-order valence-corrected chi connectivity index (χ3v) is 7.86. The second kappa shape index (κ2) is 10.4. The molecule has 1 fully saturated rings. The van der Waals surface area contributed by atoms with Gasteiger partial charge in [0.15, 0.2) is 0 Å². The van der Waals surface area contributed by atoms with Gasteiger partial charge in [0.2, 0.25) is 15.9 Å². The highest BCUT2D eigenvalue weighted by Crippen LogP contribution is 2.22. The van der Waals surface area contributed by atoms with E-state index in [0.717, 1.165) is 28.2 Å². The third-order valence-electron chi connectivity index (χ3n) is 6.30. The zero-order valence-corrected chi connectivity index (χ0v) is 20.3. The first kappa shape index (κ1) is 23.9. The van der Waals surface area contributed by atoms with Crippen LogP contribution in [0.4, 0.5) is 0 Å². The molecule has 0 bridgehead atoms. The largest absolute Gasteiger partial charge is 0.352 e. The Hall–Kier alpha value is -3.23. The van der Waals surface area contributed by atoms with Gasteiger partial charge in [-0.15, -0.1) is 0 Å². The molecule has 1 saturated heterocycles. The molecule has 1 aromatic heterocycles. The number of amides is 1. The molecule has 1 N–H and O–H groups in total. The van der Waals surface area contributed by atoms with E-state index in [4.69, 9.17) is 0 Å². The molecule has 2 heterocycles. The fraction of sp³-hybridized carbons (Fsp3) is 0.308. The SMILES string of the molecule is Cc1nn(-c2ccccc2)c(C)c1CNC(=O)C1CCN(S(=O)(=O)C=Cc2ccccc2)CC1. The minimum absolute atomic E-state index is 0.0388. The minimum atomic E-state index is -3.51. The van der Waals surface area contributed by atoms with Gasteiger partial charge in [-0.3, -0.25) is 4.79 Å². The lowest BCUT2D eigenvalue weighted by molar-refractivity contribution is -0.126. The van der Waals surface area contributed by atoms with Crippen LogP contribution in [0, 0.1) is 19.8 Å². The van der Waals surface area contributed by atoms with E-state index in [0.29, 0.717) is 32.5 Å². The van der Waals surface area contributed by atoms with Gasteiger partial charge in [-0.05, 0) is 50.5 Å². The van der Waals surface area contributed by atoms with Gasteiger partial charge in [0.25, 0.3) is 0 Å². The Morgan fingerprint density at radius 1 is 1.03 bits per heavy atom. The van der Waals surface area contributed by atoms with Crippen LogP contribution < -0.4 is 5.32 Å². The smallest absolute Gasteiger partial charge is 0.236 e. The summed E-state index contributed by atoms with van der Waals surface area (Å²) >= 11 is 0. The number of nitrogens with one attached hydrogen (secondary N) is 1. The summed E-state index contributed by atoms with van der Waals surface area (Å²) in [5.41, 5.74) is 4.70. The molecule has 0 aliphatic carbocycles. The van der Waals surface area contributed by atoms with Gasteiger partial charge in [0.05, 0.1) is 11.4 Å². The molecule has 0 unspecified atom stereocenters. The number of aryl methyl sites for hydroxylation is 1. The predicted octanol–water partition coefficient (Wildman–Crippen LogP) is 3.82. The number of carbonyl (C=O) groups excluding carboxylic acids is 1. The van der Waals surface area contributed by atoms with Crippen molar-refractivity contribution in [3.8, 4) is 5.69 Å². The molecule has 4 rings (SSSR count). The van der Waals surface area contributed by atoms with Crippen molar-refractivity contribution in [1.82, 2.24) is 19.4 Å². The van der Waals surface area contributed by atoms with E-state index in [-0.39, 0.29) is 11.8 Å². The van der Waals surface area contributed by atoms with E-state index in [2.05, 4.69) is 10.4 Å². The number of hydrogen-bond donors (Lipinski definition) is 1. The monoisotopic (exact) mass is 478 g/mol. The highest BCUT2D eigenvalue weighted by atomic mass is 32.2. The molecule has 0 spiro atoms. The van der Waals surface area contributed by atoms with Crippen LogP contribution >= 0.6 is 0 Å². The van der Waals surface area contributed by atoms with Gasteiger partial charge in [0.1, 0.15) is 0 Å². The summed E-state index contributed by atoms with van der Waals surface area (Å²) in [4.78, 5) is 12.8. The van der Waals surface area contributed by atoms with Crippen molar-refractivity contribution in [2.45, 2.75) is 33.2 Å². The van der Waals surface area contributed by atoms with Gasteiger partial charge in [-0.1, -0.05) is 48.5 Å². The molecule has 0 saturated carbocycles. The summed E-state index contributed by atoms with van der Waals surface area (Å²) in [7, 11) is -3.51. The predicted molar refractivity (Wildman–Crippen MR) is 134 cm³/mol. The van der Waals surface area contributed by atoms with Gasteiger partial charge in [-0.2, -0.15) is 9.40 Å². The molecule has 2 aromatic carbocycles. The summed E-state index contributed by atoms with van der Waals surface area (Å²) in [5, 5.41) is 8.92. The average Bonchev–Trinajstić information content (AvgIpc) is 3.15. The molecule has 1 aliphatic heterocycles. The first-order chi connectivity index (χ1) is 16.3. The molecule has 8 heteroatoms. The number of aromatic nitrogens is 2. The molecule has 3 aromatic rings. The Morgan fingerprint density at radius 2 is 1.65 bits per heavy atom. The molecule has 0 atom stereocenters. The summed E-state index contributed by atoms with van der Waals surface area (Å²) in [6.45, 7) is 5.02. The normalized spacial score (nSPS) is 15.6. The Kier molecular flexibility index (Phi) is 7.29. The van der Waals surface area contributed by atoms with Crippen LogP contribution in [-0.2, 0) is 21.4 Å². The van der Waals surface area contributed by atoms with E-state index in [9.17, 15) is 13.2 Å². The quantitative estimate of drug-likeness (QED) is 0.560. The fourth-order valence-electron chi connectivity index (χ4n) is 4.26. The first-order valence-electron chi connectivity index (χ1n) is 11.5. The molecular formula is C26H30N4O3S. The summed E-state index contributed by atoms with van der Waals surface area (Å²) in [6, 6.07) is 19.2. The van der Waals surface area contributed by atoms with E-state index in [1.54, 1.807) is 6.08 Å². The zero-order valence-electron chi connectivity index (χ0n) is 19.5. The lowest BCUT2D eigenvalue weighted by atomic mass is 9.97. The maximum atomic E-state index is 12.8. The maximum Gasteiger partial charge on any atom is 0.236 e. The van der Waals surface area contributed by atoms with E-state index >= 15 is 0 Å². The maximum absolute atomic E-state index is 12.8. The number of hydrogen-bond acceptors (Lipinski definition) is 4. The van der Waals surface area contributed by atoms with E-state index in [1.165, 1.54) is 9.71 Å². The van der Waals surface area contributed by atoms with Crippen LogP contribution in [0.2, 0.25) is 0 Å². The highest BCUT2D eigenvalue weighted by Gasteiger charge is 2.30. The van der Waals surface area contributed by atoms with Crippen LogP contribution in [-0.4, -0.2) is 41.5 Å². The summed E-state index contributed by atoms with van der Waals surface area (Å²) in [5.74, 6) is -0.238. The first-order valence-corrected chi connectivity index (χ1v) is 13.0. The van der Waals surface area contributed by atoms with Crippen molar-refractivity contribution in [2.75, 3.05) is 13.1 Å². The Bertz CT molecular complexity index is 1260. The highest BCUT2D eigenvalue weighted by molar-refractivity contribution is 7.92. The van der Waals surface area contributed by atoms with Gasteiger partial charge in [-0.25, -0.2) is 13.1 Å². The van der Waals surface area contributed by atoms with Crippen molar-refractivity contribution >= 4 is 22.0 Å². The average molecular weight is 479 g/mol. The topological polar surface area (TPSA) is 84.3 Å².